The molecule has 0 aliphatic rings. The molecule has 0 saturated carbocycles. The maximum absolute atomic E-state index is 11.5. The van der Waals surface area contributed by atoms with E-state index in [0.29, 0.717) is 0 Å². The molecule has 0 fully saturated rings. The number of phosphoric ester groups is 1. The second kappa shape index (κ2) is 8.02. The fourth-order valence-corrected chi connectivity index (χ4v) is 1.36. The van der Waals surface area contributed by atoms with Crippen LogP contribution in [0.5, 0.6) is 0 Å². The van der Waals surface area contributed by atoms with Crippen LogP contribution < -0.4 is 0 Å². The van der Waals surface area contributed by atoms with Crippen molar-refractivity contribution in [1.29, 1.82) is 0 Å². The van der Waals surface area contributed by atoms with Gasteiger partial charge in [0, 0.05) is 14.2 Å². The lowest BCUT2D eigenvalue weighted by Gasteiger charge is -2.13. The number of hydrogen-bond acceptors (Lipinski definition) is 6. The van der Waals surface area contributed by atoms with Crippen LogP contribution >= 0.6 is 7.82 Å². The molecule has 10 heteroatoms. The van der Waals surface area contributed by atoms with E-state index in [1.807, 2.05) is 0 Å². The van der Waals surface area contributed by atoms with Crippen molar-refractivity contribution in [1.82, 2.24) is 0 Å². The summed E-state index contributed by atoms with van der Waals surface area (Å²) in [5.74, 6) is 0. The molecule has 0 heterocycles. The summed E-state index contributed by atoms with van der Waals surface area (Å²) >= 11 is 0. The van der Waals surface area contributed by atoms with Gasteiger partial charge >= 0.3 is 14.2 Å². The van der Waals surface area contributed by atoms with Gasteiger partial charge < -0.3 is 4.74 Å². The van der Waals surface area contributed by atoms with Gasteiger partial charge in [0.25, 0.3) is 0 Å². The van der Waals surface area contributed by atoms with Crippen LogP contribution in [0.25, 0.3) is 0 Å². The third-order valence-electron chi connectivity index (χ3n) is 1.42. The Labute approximate surface area is 96.5 Å². The highest BCUT2D eigenvalue weighted by Crippen LogP contribution is 2.47. The predicted octanol–water partition coefficient (Wildman–Crippen LogP) is 1.96. The van der Waals surface area contributed by atoms with Crippen molar-refractivity contribution < 1.29 is 40.8 Å². The summed E-state index contributed by atoms with van der Waals surface area (Å²) < 4.78 is 67.6. The van der Waals surface area contributed by atoms with Crippen LogP contribution in [0.2, 0.25) is 0 Å². The lowest BCUT2D eigenvalue weighted by atomic mass is 10.7. The van der Waals surface area contributed by atoms with Crippen LogP contribution in [-0.2, 0) is 27.6 Å². The van der Waals surface area contributed by atoms with E-state index in [-0.39, 0.29) is 19.8 Å². The Bertz CT molecular complexity index is 238. The zero-order valence-electron chi connectivity index (χ0n) is 9.36. The normalized spacial score (nSPS) is 13.0. The van der Waals surface area contributed by atoms with Crippen molar-refractivity contribution >= 4 is 7.82 Å². The lowest BCUT2D eigenvalue weighted by Crippen LogP contribution is -2.18. The zero-order chi connectivity index (χ0) is 13.4. The lowest BCUT2D eigenvalue weighted by molar-refractivity contribution is -0.327. The van der Waals surface area contributed by atoms with Crippen molar-refractivity contribution in [3.05, 3.63) is 0 Å². The average molecular weight is 282 g/mol. The zero-order valence-corrected chi connectivity index (χ0v) is 10.3. The van der Waals surface area contributed by atoms with Crippen LogP contribution in [0.3, 0.4) is 0 Å². The fourth-order valence-electron chi connectivity index (χ4n) is 0.706. The van der Waals surface area contributed by atoms with Gasteiger partial charge in [-0.2, -0.15) is 0 Å². The number of ether oxygens (including phenoxy) is 2. The summed E-state index contributed by atoms with van der Waals surface area (Å²) in [4.78, 5) is 0. The monoisotopic (exact) mass is 282 g/mol. The van der Waals surface area contributed by atoms with Crippen LogP contribution in [0, 0.1) is 0 Å². The molecule has 104 valence electrons. The molecule has 0 amide bonds. The Morgan fingerprint density at radius 1 is 1.00 bits per heavy atom. The van der Waals surface area contributed by atoms with E-state index in [1.54, 1.807) is 0 Å². The van der Waals surface area contributed by atoms with Crippen LogP contribution in [0.4, 0.5) is 13.2 Å². The maximum atomic E-state index is 11.5. The Hall–Kier alpha value is -0.180. The highest BCUT2D eigenvalue weighted by Gasteiger charge is 2.28. The molecule has 0 unspecified atom stereocenters. The highest BCUT2D eigenvalue weighted by molar-refractivity contribution is 7.48. The van der Waals surface area contributed by atoms with Crippen LogP contribution in [-0.4, -0.2) is 47.0 Å². The van der Waals surface area contributed by atoms with Crippen LogP contribution in [0.15, 0.2) is 0 Å². The Kier molecular flexibility index (Phi) is 7.93. The first-order chi connectivity index (χ1) is 7.83. The molecule has 0 saturated heterocycles. The minimum Gasteiger partial charge on any atom is -0.377 e. The van der Waals surface area contributed by atoms with Crippen LogP contribution in [0.1, 0.15) is 0 Å². The molecule has 0 aliphatic carbocycles. The van der Waals surface area contributed by atoms with E-state index >= 15 is 0 Å². The van der Waals surface area contributed by atoms with E-state index in [2.05, 4.69) is 13.8 Å². The summed E-state index contributed by atoms with van der Waals surface area (Å²) in [6, 6.07) is 0. The van der Waals surface area contributed by atoms with Crippen molar-refractivity contribution in [2.24, 2.45) is 0 Å². The summed E-state index contributed by atoms with van der Waals surface area (Å²) in [6.07, 6.45) is -4.67. The van der Waals surface area contributed by atoms with Crippen molar-refractivity contribution in [2.75, 3.05) is 40.6 Å². The molecule has 0 aromatic carbocycles. The Morgan fingerprint density at radius 3 is 2.00 bits per heavy atom. The summed E-state index contributed by atoms with van der Waals surface area (Å²) in [6.45, 7) is -1.06. The molecule has 6 nitrogen and oxygen atoms in total. The molecule has 0 rings (SSSR count). The van der Waals surface area contributed by atoms with Gasteiger partial charge in [-0.3, -0.25) is 18.3 Å². The molecule has 0 atom stereocenters. The first-order valence-electron chi connectivity index (χ1n) is 4.47. The number of rotatable bonds is 9. The smallest absolute Gasteiger partial charge is 0.377 e. The van der Waals surface area contributed by atoms with Crippen molar-refractivity contribution in [3.63, 3.8) is 0 Å². The average Bonchev–Trinajstić information content (AvgIpc) is 2.26. The van der Waals surface area contributed by atoms with Gasteiger partial charge in [-0.25, -0.2) is 4.57 Å². The van der Waals surface area contributed by atoms with Gasteiger partial charge in [0.15, 0.2) is 0 Å². The third-order valence-corrected chi connectivity index (χ3v) is 2.81. The van der Waals surface area contributed by atoms with Crippen molar-refractivity contribution in [3.8, 4) is 0 Å². The Morgan fingerprint density at radius 2 is 1.53 bits per heavy atom. The summed E-state index contributed by atoms with van der Waals surface area (Å²) in [5, 5.41) is 0. The maximum Gasteiger partial charge on any atom is 0.522 e. The molecule has 0 aromatic rings. The first kappa shape index (κ1) is 16.8. The van der Waals surface area contributed by atoms with E-state index in [4.69, 9.17) is 9.26 Å². The van der Waals surface area contributed by atoms with Gasteiger partial charge in [-0.05, 0) is 0 Å². The number of halogens is 3. The van der Waals surface area contributed by atoms with E-state index in [0.717, 1.165) is 14.2 Å². The second-order valence-electron chi connectivity index (χ2n) is 2.55. The Balaban J connectivity index is 3.44. The minimum absolute atomic E-state index is 0.0576. The topological polar surface area (TPSA) is 63.2 Å². The molecule has 17 heavy (non-hydrogen) atoms. The van der Waals surface area contributed by atoms with E-state index in [9.17, 15) is 17.7 Å². The number of alkyl halides is 3. The molecular weight excluding hydrogens is 268 g/mol. The van der Waals surface area contributed by atoms with Gasteiger partial charge in [0.05, 0.1) is 26.4 Å². The molecular formula is C7H14F3O6P. The molecule has 0 N–H and O–H groups in total. The molecule has 0 aliphatic heterocycles. The van der Waals surface area contributed by atoms with E-state index in [1.165, 1.54) is 0 Å². The minimum atomic E-state index is -4.67. The highest BCUT2D eigenvalue weighted by atomic mass is 31.2. The standard InChI is InChI=1S/C7H14F3O6P/c1-12-17(11,13-2)16-6-4-14-3-5-15-7(8,9)10/h3-6H2,1-2H3. The summed E-state index contributed by atoms with van der Waals surface area (Å²) in [7, 11) is -1.27. The molecule has 0 aromatic heterocycles. The van der Waals surface area contributed by atoms with Gasteiger partial charge in [-0.15, -0.1) is 13.2 Å². The predicted molar refractivity (Wildman–Crippen MR) is 50.4 cm³/mol. The van der Waals surface area contributed by atoms with Gasteiger partial charge in [0.2, 0.25) is 0 Å². The molecule has 0 radical (unpaired) electrons. The SMILES string of the molecule is COP(=O)(OC)OCCOCCOC(F)(F)F. The van der Waals surface area contributed by atoms with Crippen molar-refractivity contribution in [2.45, 2.75) is 6.36 Å². The largest absolute Gasteiger partial charge is 0.522 e. The fraction of sp³-hybridized carbons (Fsp3) is 1.00. The third kappa shape index (κ3) is 9.51. The summed E-state index contributed by atoms with van der Waals surface area (Å²) in [5.41, 5.74) is 0. The van der Waals surface area contributed by atoms with E-state index < -0.39 is 20.8 Å². The second-order valence-corrected chi connectivity index (χ2v) is 4.44. The molecule has 0 spiro atoms. The number of hydrogen-bond donors (Lipinski definition) is 0. The first-order valence-corrected chi connectivity index (χ1v) is 5.93. The molecule has 0 bridgehead atoms. The van der Waals surface area contributed by atoms with Gasteiger partial charge in [0.1, 0.15) is 0 Å². The quantitative estimate of drug-likeness (QED) is 0.476. The number of phosphoric acid groups is 1. The van der Waals surface area contributed by atoms with Gasteiger partial charge in [-0.1, -0.05) is 0 Å².